The van der Waals surface area contributed by atoms with Crippen molar-refractivity contribution in [3.05, 3.63) is 46.2 Å². The predicted molar refractivity (Wildman–Crippen MR) is 106 cm³/mol. The summed E-state index contributed by atoms with van der Waals surface area (Å²) in [6.45, 7) is 6.31. The summed E-state index contributed by atoms with van der Waals surface area (Å²) in [6, 6.07) is 3.92. The molecule has 0 aromatic carbocycles. The number of hydrogen-bond acceptors (Lipinski definition) is 6. The lowest BCUT2D eigenvalue weighted by atomic mass is 10.0. The van der Waals surface area contributed by atoms with E-state index in [1.54, 1.807) is 17.0 Å². The number of rotatable bonds is 3. The van der Waals surface area contributed by atoms with Gasteiger partial charge in [-0.05, 0) is 44.9 Å². The summed E-state index contributed by atoms with van der Waals surface area (Å²) < 4.78 is 10.4. The molecule has 0 bridgehead atoms. The molecule has 3 heterocycles. The Labute approximate surface area is 167 Å². The molecule has 8 heteroatoms. The van der Waals surface area contributed by atoms with Gasteiger partial charge in [0.2, 0.25) is 5.91 Å². The van der Waals surface area contributed by atoms with Crippen molar-refractivity contribution in [2.24, 2.45) is 0 Å². The van der Waals surface area contributed by atoms with E-state index in [4.69, 9.17) is 9.15 Å². The van der Waals surface area contributed by atoms with Crippen LogP contribution in [0.25, 0.3) is 6.08 Å². The smallest absolute Gasteiger partial charge is 0.410 e. The van der Waals surface area contributed by atoms with Crippen LogP contribution in [-0.4, -0.2) is 29.0 Å². The Balaban J connectivity index is 1.73. The monoisotopic (exact) mass is 399 g/mol. The third kappa shape index (κ3) is 4.61. The maximum atomic E-state index is 12.3. The third-order valence-corrected chi connectivity index (χ3v) is 5.16. The highest BCUT2D eigenvalue weighted by molar-refractivity contribution is 7.16. The van der Waals surface area contributed by atoms with Gasteiger partial charge in [-0.2, -0.15) is 5.26 Å². The molecule has 0 spiro atoms. The van der Waals surface area contributed by atoms with E-state index in [2.05, 4.69) is 11.4 Å². The van der Waals surface area contributed by atoms with Crippen LogP contribution in [0.5, 0.6) is 0 Å². The van der Waals surface area contributed by atoms with Crippen molar-refractivity contribution in [2.45, 2.75) is 39.3 Å². The maximum Gasteiger partial charge on any atom is 0.410 e. The molecule has 2 aromatic rings. The number of fused-ring (bicyclic) bond motifs is 1. The van der Waals surface area contributed by atoms with Crippen LogP contribution in [0.3, 0.4) is 0 Å². The van der Waals surface area contributed by atoms with Gasteiger partial charge in [-0.1, -0.05) is 0 Å². The summed E-state index contributed by atoms with van der Waals surface area (Å²) in [6.07, 6.45) is 6.24. The highest BCUT2D eigenvalue weighted by Gasteiger charge is 2.29. The van der Waals surface area contributed by atoms with E-state index >= 15 is 0 Å². The highest BCUT2D eigenvalue weighted by Crippen LogP contribution is 2.37. The zero-order valence-electron chi connectivity index (χ0n) is 15.9. The van der Waals surface area contributed by atoms with Gasteiger partial charge < -0.3 is 19.4 Å². The number of nitrogens with zero attached hydrogens (tertiary/aromatic N) is 2. The molecule has 146 valence electrons. The molecule has 0 aliphatic carbocycles. The van der Waals surface area contributed by atoms with Crippen molar-refractivity contribution < 1.29 is 18.7 Å². The average Bonchev–Trinajstić information content (AvgIpc) is 3.24. The van der Waals surface area contributed by atoms with Crippen LogP contribution in [0.15, 0.2) is 29.1 Å². The Kier molecular flexibility index (Phi) is 5.56. The zero-order chi connectivity index (χ0) is 20.3. The molecule has 1 aliphatic rings. The number of nitriles is 1. The molecule has 7 nitrogen and oxygen atoms in total. The second-order valence-corrected chi connectivity index (χ2v) is 8.46. The fourth-order valence-electron chi connectivity index (χ4n) is 2.79. The summed E-state index contributed by atoms with van der Waals surface area (Å²) in [5.41, 5.74) is 1.56. The van der Waals surface area contributed by atoms with E-state index in [-0.39, 0.29) is 12.0 Å². The van der Waals surface area contributed by atoms with Gasteiger partial charge in [0.15, 0.2) is 0 Å². The first kappa shape index (κ1) is 19.7. The van der Waals surface area contributed by atoms with Gasteiger partial charge in [0.05, 0.1) is 24.6 Å². The highest BCUT2D eigenvalue weighted by atomic mass is 32.1. The molecule has 1 aliphatic heterocycles. The topological polar surface area (TPSA) is 95.6 Å². The molecular weight excluding hydrogens is 378 g/mol. The van der Waals surface area contributed by atoms with Crippen LogP contribution in [0.4, 0.5) is 9.80 Å². The van der Waals surface area contributed by atoms with E-state index in [1.807, 2.05) is 20.8 Å². The fraction of sp³-hybridized carbons (Fsp3) is 0.350. The first-order valence-corrected chi connectivity index (χ1v) is 9.62. The summed E-state index contributed by atoms with van der Waals surface area (Å²) >= 11 is 1.32. The lowest BCUT2D eigenvalue weighted by Crippen LogP contribution is -2.39. The molecular formula is C20H21N3O4S. The quantitative estimate of drug-likeness (QED) is 0.782. The summed E-state index contributed by atoms with van der Waals surface area (Å²) in [4.78, 5) is 27.0. The summed E-state index contributed by atoms with van der Waals surface area (Å²) in [5.74, 6) is -0.333. The van der Waals surface area contributed by atoms with Crippen LogP contribution in [0.2, 0.25) is 0 Å². The number of carbonyl (C=O) groups is 2. The van der Waals surface area contributed by atoms with E-state index < -0.39 is 5.60 Å². The van der Waals surface area contributed by atoms with Crippen molar-refractivity contribution in [1.29, 1.82) is 5.26 Å². The maximum absolute atomic E-state index is 12.3. The Morgan fingerprint density at radius 2 is 2.21 bits per heavy atom. The van der Waals surface area contributed by atoms with E-state index in [0.29, 0.717) is 30.1 Å². The van der Waals surface area contributed by atoms with Crippen LogP contribution in [-0.2, 0) is 22.5 Å². The minimum atomic E-state index is -0.564. The van der Waals surface area contributed by atoms with Crippen LogP contribution in [0.1, 0.15) is 42.3 Å². The van der Waals surface area contributed by atoms with Gasteiger partial charge in [-0.25, -0.2) is 4.79 Å². The fourth-order valence-corrected chi connectivity index (χ4v) is 4.00. The third-order valence-electron chi connectivity index (χ3n) is 4.03. The van der Waals surface area contributed by atoms with Crippen molar-refractivity contribution in [3.63, 3.8) is 0 Å². The molecule has 0 unspecified atom stereocenters. The molecule has 0 saturated heterocycles. The van der Waals surface area contributed by atoms with Gasteiger partial charge in [0.25, 0.3) is 0 Å². The van der Waals surface area contributed by atoms with Crippen molar-refractivity contribution >= 4 is 34.4 Å². The normalized spacial score (nSPS) is 13.9. The lowest BCUT2D eigenvalue weighted by Gasteiger charge is -2.29. The minimum Gasteiger partial charge on any atom is -0.472 e. The standard InChI is InChI=1S/C20H21N3O4S/c1-20(2,3)27-19(25)23-8-6-14-15(10-21)18(28-16(14)11-23)22-17(24)5-4-13-7-9-26-12-13/h4-5,7,9,12H,6,8,11H2,1-3H3,(H,22,24). The first-order chi connectivity index (χ1) is 13.3. The predicted octanol–water partition coefficient (Wildman–Crippen LogP) is 4.16. The lowest BCUT2D eigenvalue weighted by molar-refractivity contribution is -0.111. The second kappa shape index (κ2) is 7.90. The van der Waals surface area contributed by atoms with E-state index in [1.165, 1.54) is 29.9 Å². The number of nitrogens with one attached hydrogen (secondary N) is 1. The molecule has 28 heavy (non-hydrogen) atoms. The molecule has 0 radical (unpaired) electrons. The number of ether oxygens (including phenoxy) is 1. The number of carbonyl (C=O) groups excluding carboxylic acids is 2. The van der Waals surface area contributed by atoms with Gasteiger partial charge in [0, 0.05) is 23.1 Å². The SMILES string of the molecule is CC(C)(C)OC(=O)N1CCc2c(sc(NC(=O)C=Cc3ccoc3)c2C#N)C1. The van der Waals surface area contributed by atoms with Crippen molar-refractivity contribution in [2.75, 3.05) is 11.9 Å². The molecule has 1 N–H and O–H groups in total. The summed E-state index contributed by atoms with van der Waals surface area (Å²) in [7, 11) is 0. The second-order valence-electron chi connectivity index (χ2n) is 7.35. The number of thiophene rings is 1. The summed E-state index contributed by atoms with van der Waals surface area (Å²) in [5, 5.41) is 12.8. The van der Waals surface area contributed by atoms with E-state index in [9.17, 15) is 14.9 Å². The van der Waals surface area contributed by atoms with Crippen LogP contribution in [0, 0.1) is 11.3 Å². The number of amides is 2. The Bertz CT molecular complexity index is 945. The van der Waals surface area contributed by atoms with Crippen molar-refractivity contribution in [3.8, 4) is 6.07 Å². The van der Waals surface area contributed by atoms with Crippen LogP contribution >= 0.6 is 11.3 Å². The average molecular weight is 399 g/mol. The Morgan fingerprint density at radius 3 is 2.86 bits per heavy atom. The van der Waals surface area contributed by atoms with E-state index in [0.717, 1.165) is 16.0 Å². The molecule has 0 fully saturated rings. The first-order valence-electron chi connectivity index (χ1n) is 8.80. The largest absolute Gasteiger partial charge is 0.472 e. The van der Waals surface area contributed by atoms with Gasteiger partial charge in [0.1, 0.15) is 16.7 Å². The molecule has 0 atom stereocenters. The molecule has 2 amide bonds. The molecule has 0 saturated carbocycles. The number of hydrogen-bond donors (Lipinski definition) is 1. The minimum absolute atomic E-state index is 0.333. The van der Waals surface area contributed by atoms with Crippen LogP contribution < -0.4 is 5.32 Å². The Hall–Kier alpha value is -3.05. The van der Waals surface area contributed by atoms with Gasteiger partial charge in [-0.15, -0.1) is 11.3 Å². The van der Waals surface area contributed by atoms with Crippen molar-refractivity contribution in [1.82, 2.24) is 4.90 Å². The molecule has 3 rings (SSSR count). The molecule has 2 aromatic heterocycles. The number of furan rings is 1. The van der Waals surface area contributed by atoms with Gasteiger partial charge in [-0.3, -0.25) is 4.79 Å². The van der Waals surface area contributed by atoms with Gasteiger partial charge >= 0.3 is 6.09 Å². The Morgan fingerprint density at radius 1 is 1.43 bits per heavy atom. The zero-order valence-corrected chi connectivity index (χ0v) is 16.8. The number of anilines is 1.